The van der Waals surface area contributed by atoms with E-state index in [0.717, 1.165) is 17.1 Å². The SMILES string of the molecule is CC(=O)c1c(N)c(-c2ccccn2)n(C)c1C. The van der Waals surface area contributed by atoms with Crippen molar-refractivity contribution in [2.45, 2.75) is 13.8 Å². The van der Waals surface area contributed by atoms with Gasteiger partial charge in [-0.2, -0.15) is 0 Å². The van der Waals surface area contributed by atoms with Crippen molar-refractivity contribution in [2.75, 3.05) is 5.73 Å². The van der Waals surface area contributed by atoms with Crippen molar-refractivity contribution < 1.29 is 4.79 Å². The molecule has 17 heavy (non-hydrogen) atoms. The predicted molar refractivity (Wildman–Crippen MR) is 67.8 cm³/mol. The number of aromatic nitrogens is 2. The molecule has 0 amide bonds. The van der Waals surface area contributed by atoms with Crippen molar-refractivity contribution in [3.8, 4) is 11.4 Å². The van der Waals surface area contributed by atoms with Crippen LogP contribution in [0.4, 0.5) is 5.69 Å². The number of ketones is 1. The zero-order valence-corrected chi connectivity index (χ0v) is 10.2. The minimum atomic E-state index is -0.0159. The summed E-state index contributed by atoms with van der Waals surface area (Å²) in [5.41, 5.74) is 9.61. The van der Waals surface area contributed by atoms with Gasteiger partial charge in [-0.3, -0.25) is 9.78 Å². The largest absolute Gasteiger partial charge is 0.396 e. The number of nitrogens with zero attached hydrogens (tertiary/aromatic N) is 2. The molecule has 0 saturated carbocycles. The second-order valence-electron chi connectivity index (χ2n) is 4.05. The third kappa shape index (κ3) is 1.71. The highest BCUT2D eigenvalue weighted by Crippen LogP contribution is 2.31. The molecular formula is C13H15N3O. The van der Waals surface area contributed by atoms with Gasteiger partial charge in [0.05, 0.1) is 22.6 Å². The summed E-state index contributed by atoms with van der Waals surface area (Å²) in [5, 5.41) is 0. The summed E-state index contributed by atoms with van der Waals surface area (Å²) in [4.78, 5) is 15.8. The average Bonchev–Trinajstić information content (AvgIpc) is 2.51. The number of rotatable bonds is 2. The summed E-state index contributed by atoms with van der Waals surface area (Å²) in [7, 11) is 1.89. The van der Waals surface area contributed by atoms with Crippen LogP contribution in [0.2, 0.25) is 0 Å². The van der Waals surface area contributed by atoms with Crippen molar-refractivity contribution >= 4 is 11.5 Å². The molecule has 2 N–H and O–H groups in total. The summed E-state index contributed by atoms with van der Waals surface area (Å²) in [6.07, 6.45) is 1.71. The van der Waals surface area contributed by atoms with Gasteiger partial charge in [0.1, 0.15) is 0 Å². The molecule has 0 saturated heterocycles. The topological polar surface area (TPSA) is 60.9 Å². The molecule has 0 aliphatic carbocycles. The van der Waals surface area contributed by atoms with Gasteiger partial charge < -0.3 is 10.3 Å². The van der Waals surface area contributed by atoms with Gasteiger partial charge in [0, 0.05) is 18.9 Å². The first kappa shape index (κ1) is 11.4. The fraction of sp³-hybridized carbons (Fsp3) is 0.231. The van der Waals surface area contributed by atoms with Gasteiger partial charge in [0.15, 0.2) is 5.78 Å². The summed E-state index contributed by atoms with van der Waals surface area (Å²) in [6.45, 7) is 3.42. The Morgan fingerprint density at radius 2 is 2.12 bits per heavy atom. The van der Waals surface area contributed by atoms with E-state index < -0.39 is 0 Å². The molecule has 0 aromatic carbocycles. The molecule has 2 aromatic rings. The Hall–Kier alpha value is -2.10. The molecule has 2 aromatic heterocycles. The maximum absolute atomic E-state index is 11.6. The van der Waals surface area contributed by atoms with Gasteiger partial charge in [0.2, 0.25) is 0 Å². The zero-order valence-electron chi connectivity index (χ0n) is 10.2. The smallest absolute Gasteiger partial charge is 0.163 e. The number of carbonyl (C=O) groups excluding carboxylic acids is 1. The lowest BCUT2D eigenvalue weighted by molar-refractivity contribution is 0.101. The molecule has 0 bridgehead atoms. The van der Waals surface area contributed by atoms with Gasteiger partial charge in [0.25, 0.3) is 0 Å². The van der Waals surface area contributed by atoms with Crippen LogP contribution < -0.4 is 5.73 Å². The van der Waals surface area contributed by atoms with E-state index in [-0.39, 0.29) is 5.78 Å². The van der Waals surface area contributed by atoms with Crippen LogP contribution in [0.1, 0.15) is 23.0 Å². The average molecular weight is 229 g/mol. The highest BCUT2D eigenvalue weighted by Gasteiger charge is 2.20. The molecule has 2 heterocycles. The molecule has 4 heteroatoms. The number of nitrogen functional groups attached to an aromatic ring is 1. The maximum Gasteiger partial charge on any atom is 0.163 e. The lowest BCUT2D eigenvalue weighted by Gasteiger charge is -2.04. The first-order valence-corrected chi connectivity index (χ1v) is 5.41. The van der Waals surface area contributed by atoms with Crippen molar-refractivity contribution in [1.29, 1.82) is 0 Å². The van der Waals surface area contributed by atoms with Gasteiger partial charge in [-0.1, -0.05) is 6.07 Å². The van der Waals surface area contributed by atoms with E-state index in [1.54, 1.807) is 6.20 Å². The number of anilines is 1. The number of hydrogen-bond acceptors (Lipinski definition) is 3. The van der Waals surface area contributed by atoms with Crippen LogP contribution >= 0.6 is 0 Å². The van der Waals surface area contributed by atoms with E-state index in [1.807, 2.05) is 36.7 Å². The van der Waals surface area contributed by atoms with Gasteiger partial charge in [-0.25, -0.2) is 0 Å². The van der Waals surface area contributed by atoms with E-state index in [2.05, 4.69) is 4.98 Å². The number of Topliss-reactive ketones (excluding diaryl/α,β-unsaturated/α-hetero) is 1. The van der Waals surface area contributed by atoms with Crippen LogP contribution in [0.15, 0.2) is 24.4 Å². The first-order chi connectivity index (χ1) is 8.04. The molecule has 2 rings (SSSR count). The minimum absolute atomic E-state index is 0.0159. The summed E-state index contributed by atoms with van der Waals surface area (Å²) >= 11 is 0. The lowest BCUT2D eigenvalue weighted by Crippen LogP contribution is -1.98. The Kier molecular flexibility index (Phi) is 2.71. The molecule has 0 aliphatic heterocycles. The van der Waals surface area contributed by atoms with Crippen molar-refractivity contribution in [3.05, 3.63) is 35.7 Å². The lowest BCUT2D eigenvalue weighted by atomic mass is 10.1. The van der Waals surface area contributed by atoms with Crippen LogP contribution in [0.3, 0.4) is 0 Å². The van der Waals surface area contributed by atoms with Crippen molar-refractivity contribution in [2.24, 2.45) is 7.05 Å². The summed E-state index contributed by atoms with van der Waals surface area (Å²) in [5.74, 6) is -0.0159. The standard InChI is InChI=1S/C13H15N3O/c1-8-11(9(2)17)12(14)13(16(8)3)10-6-4-5-7-15-10/h4-7H,14H2,1-3H3. The molecule has 88 valence electrons. The fourth-order valence-corrected chi connectivity index (χ4v) is 2.09. The van der Waals surface area contributed by atoms with Gasteiger partial charge >= 0.3 is 0 Å². The molecule has 0 fully saturated rings. The van der Waals surface area contributed by atoms with Crippen LogP contribution in [0.5, 0.6) is 0 Å². The number of pyridine rings is 1. The molecule has 0 radical (unpaired) electrons. The van der Waals surface area contributed by atoms with Crippen molar-refractivity contribution in [3.63, 3.8) is 0 Å². The Balaban J connectivity index is 2.72. The zero-order chi connectivity index (χ0) is 12.6. The number of carbonyl (C=O) groups is 1. The van der Waals surface area contributed by atoms with Gasteiger partial charge in [-0.15, -0.1) is 0 Å². The third-order valence-electron chi connectivity index (χ3n) is 2.98. The van der Waals surface area contributed by atoms with Crippen molar-refractivity contribution in [1.82, 2.24) is 9.55 Å². The second kappa shape index (κ2) is 4.05. The van der Waals surface area contributed by atoms with E-state index in [4.69, 9.17) is 5.73 Å². The number of nitrogens with two attached hydrogens (primary N) is 1. The molecule has 0 atom stereocenters. The fourth-order valence-electron chi connectivity index (χ4n) is 2.09. The first-order valence-electron chi connectivity index (χ1n) is 5.41. The highest BCUT2D eigenvalue weighted by molar-refractivity contribution is 6.03. The van der Waals surface area contributed by atoms with Crippen LogP contribution in [0, 0.1) is 6.92 Å². The van der Waals surface area contributed by atoms with E-state index in [0.29, 0.717) is 11.3 Å². The molecule has 0 spiro atoms. The maximum atomic E-state index is 11.6. The normalized spacial score (nSPS) is 10.5. The Morgan fingerprint density at radius 1 is 1.41 bits per heavy atom. The molecular weight excluding hydrogens is 214 g/mol. The third-order valence-corrected chi connectivity index (χ3v) is 2.98. The Morgan fingerprint density at radius 3 is 2.59 bits per heavy atom. The van der Waals surface area contributed by atoms with E-state index >= 15 is 0 Å². The minimum Gasteiger partial charge on any atom is -0.396 e. The van der Waals surface area contributed by atoms with E-state index in [1.165, 1.54) is 6.92 Å². The molecule has 0 aliphatic rings. The summed E-state index contributed by atoms with van der Waals surface area (Å²) < 4.78 is 1.91. The monoisotopic (exact) mass is 229 g/mol. The van der Waals surface area contributed by atoms with E-state index in [9.17, 15) is 4.79 Å². The second-order valence-corrected chi connectivity index (χ2v) is 4.05. The quantitative estimate of drug-likeness (QED) is 0.803. The van der Waals surface area contributed by atoms with Crippen LogP contribution in [-0.2, 0) is 7.05 Å². The molecule has 4 nitrogen and oxygen atoms in total. The highest BCUT2D eigenvalue weighted by atomic mass is 16.1. The number of hydrogen-bond donors (Lipinski definition) is 1. The summed E-state index contributed by atoms with van der Waals surface area (Å²) in [6, 6.07) is 5.63. The van der Waals surface area contributed by atoms with Crippen LogP contribution in [0.25, 0.3) is 11.4 Å². The Labute approximate surface area is 100 Å². The Bertz CT molecular complexity index is 570. The predicted octanol–water partition coefficient (Wildman–Crippen LogP) is 2.18. The van der Waals surface area contributed by atoms with Crippen LogP contribution in [-0.4, -0.2) is 15.3 Å². The van der Waals surface area contributed by atoms with Gasteiger partial charge in [-0.05, 0) is 26.0 Å². The molecule has 0 unspecified atom stereocenters.